The van der Waals surface area contributed by atoms with Crippen LogP contribution in [-0.2, 0) is 10.8 Å². The van der Waals surface area contributed by atoms with Gasteiger partial charge in [-0.3, -0.25) is 0 Å². The first-order valence-electron chi connectivity index (χ1n) is 32.0. The van der Waals surface area contributed by atoms with Crippen LogP contribution in [-0.4, -0.2) is 6.71 Å². The fourth-order valence-corrected chi connectivity index (χ4v) is 13.9. The minimum atomic E-state index is -0.169. The first-order chi connectivity index (χ1) is 43.1. The number of fused-ring (bicyclic) bond motifs is 4. The van der Waals surface area contributed by atoms with E-state index in [1.807, 2.05) is 0 Å². The summed E-state index contributed by atoms with van der Waals surface area (Å²) >= 11 is 0. The molecule has 2 aliphatic heterocycles. The van der Waals surface area contributed by atoms with Gasteiger partial charge in [0, 0.05) is 45.0 Å². The lowest BCUT2D eigenvalue weighted by molar-refractivity contribution is 0.569. The number of para-hydroxylation sites is 2. The summed E-state index contributed by atoms with van der Waals surface area (Å²) < 4.78 is 0. The van der Waals surface area contributed by atoms with Crippen LogP contribution in [0.15, 0.2) is 273 Å². The Balaban J connectivity index is 1.19. The van der Waals surface area contributed by atoms with Crippen LogP contribution in [0, 0.1) is 0 Å². The molecule has 0 atom stereocenters. The number of anilines is 6. The van der Waals surface area contributed by atoms with Crippen LogP contribution < -0.4 is 26.2 Å². The second-order valence-electron chi connectivity index (χ2n) is 27.3. The van der Waals surface area contributed by atoms with Crippen molar-refractivity contribution in [3.8, 4) is 77.9 Å². The molecule has 12 aromatic carbocycles. The Hall–Kier alpha value is -9.70. The zero-order valence-electron chi connectivity index (χ0n) is 53.1. The summed E-state index contributed by atoms with van der Waals surface area (Å²) in [5.74, 6) is 0.627. The van der Waals surface area contributed by atoms with Crippen molar-refractivity contribution in [2.75, 3.05) is 9.80 Å². The van der Waals surface area contributed by atoms with Crippen molar-refractivity contribution in [3.63, 3.8) is 0 Å². The Kier molecular flexibility index (Phi) is 14.6. The molecular weight excluding hydrogens is 1070 g/mol. The van der Waals surface area contributed by atoms with Gasteiger partial charge in [-0.05, 0) is 141 Å². The lowest BCUT2D eigenvalue weighted by atomic mass is 9.33. The molecule has 0 spiro atoms. The molecule has 3 heteroatoms. The van der Waals surface area contributed by atoms with E-state index >= 15 is 0 Å². The molecule has 434 valence electrons. The van der Waals surface area contributed by atoms with E-state index in [-0.39, 0.29) is 23.5 Å². The summed E-state index contributed by atoms with van der Waals surface area (Å²) in [6, 6.07) is 104. The van der Waals surface area contributed by atoms with Crippen LogP contribution in [0.1, 0.15) is 103 Å². The number of hydrogen-bond acceptors (Lipinski definition) is 2. The Bertz CT molecular complexity index is 4460. The average Bonchev–Trinajstić information content (AvgIpc) is 0.705. The first-order valence-corrected chi connectivity index (χ1v) is 32.0. The van der Waals surface area contributed by atoms with Gasteiger partial charge in [-0.2, -0.15) is 0 Å². The molecule has 2 nitrogen and oxygen atoms in total. The zero-order valence-corrected chi connectivity index (χ0v) is 53.1. The number of rotatable bonds is 11. The quantitative estimate of drug-likeness (QED) is 0.119. The van der Waals surface area contributed by atoms with Crippen LogP contribution in [0.4, 0.5) is 34.1 Å². The van der Waals surface area contributed by atoms with Crippen molar-refractivity contribution in [1.29, 1.82) is 0 Å². The van der Waals surface area contributed by atoms with Crippen LogP contribution in [0.2, 0.25) is 0 Å². The number of hydrogen-bond donors (Lipinski definition) is 0. The molecule has 0 aliphatic carbocycles. The highest BCUT2D eigenvalue weighted by atomic mass is 15.2. The molecule has 14 rings (SSSR count). The summed E-state index contributed by atoms with van der Waals surface area (Å²) in [4.78, 5) is 5.40. The molecular formula is C86H77BN2. The van der Waals surface area contributed by atoms with Crippen molar-refractivity contribution in [3.05, 3.63) is 295 Å². The van der Waals surface area contributed by atoms with Crippen LogP contribution in [0.3, 0.4) is 0 Å². The van der Waals surface area contributed by atoms with Gasteiger partial charge < -0.3 is 9.80 Å². The first kappa shape index (κ1) is 57.1. The van der Waals surface area contributed by atoms with Crippen molar-refractivity contribution in [2.45, 2.75) is 91.9 Å². The SMILES string of the molecule is CC(C)c1ccc(-c2cc3c4c(c2)N(c2c(-c5ccccc5)cccc2-c2ccccc2)c2cc(-c5cc(C(C)(C)C)cc(C(C)(C)C)c5)ccc2B4c2ccc(-c4ccccc4)cc2N3c2c(-c3ccccc3)cccc2-c2ccccc2)c(C(C)C)c1. The minimum Gasteiger partial charge on any atom is -0.310 e. The van der Waals surface area contributed by atoms with Gasteiger partial charge in [0.15, 0.2) is 0 Å². The summed E-state index contributed by atoms with van der Waals surface area (Å²) in [5.41, 5.74) is 32.4. The second kappa shape index (κ2) is 22.8. The molecule has 0 saturated carbocycles. The summed E-state index contributed by atoms with van der Waals surface area (Å²) in [6.45, 7) is 23.3. The van der Waals surface area contributed by atoms with Crippen LogP contribution in [0.5, 0.6) is 0 Å². The van der Waals surface area contributed by atoms with Crippen LogP contribution >= 0.6 is 0 Å². The smallest absolute Gasteiger partial charge is 0.252 e. The maximum absolute atomic E-state index is 2.71. The Labute approximate surface area is 528 Å². The maximum atomic E-state index is 2.71. The van der Waals surface area contributed by atoms with Gasteiger partial charge in [0.1, 0.15) is 0 Å². The van der Waals surface area contributed by atoms with Gasteiger partial charge in [0.2, 0.25) is 0 Å². The molecule has 0 aromatic heterocycles. The topological polar surface area (TPSA) is 6.48 Å². The third kappa shape index (κ3) is 10.4. The maximum Gasteiger partial charge on any atom is 0.252 e. The van der Waals surface area contributed by atoms with E-state index in [9.17, 15) is 0 Å². The molecule has 0 amide bonds. The van der Waals surface area contributed by atoms with Crippen molar-refractivity contribution in [1.82, 2.24) is 0 Å². The highest BCUT2D eigenvalue weighted by Crippen LogP contribution is 2.55. The average molecular weight is 1150 g/mol. The van der Waals surface area contributed by atoms with Crippen molar-refractivity contribution in [2.24, 2.45) is 0 Å². The Morgan fingerprint density at radius 3 is 1.02 bits per heavy atom. The molecule has 2 aliphatic rings. The molecule has 12 aromatic rings. The van der Waals surface area contributed by atoms with E-state index < -0.39 is 0 Å². The fraction of sp³-hybridized carbons (Fsp3) is 0.163. The van der Waals surface area contributed by atoms with Crippen LogP contribution in [0.25, 0.3) is 77.9 Å². The Morgan fingerprint density at radius 2 is 0.652 bits per heavy atom. The van der Waals surface area contributed by atoms with E-state index in [0.717, 1.165) is 72.9 Å². The van der Waals surface area contributed by atoms with E-state index in [0.29, 0.717) is 5.92 Å². The van der Waals surface area contributed by atoms with E-state index in [4.69, 9.17) is 0 Å². The third-order valence-electron chi connectivity index (χ3n) is 18.7. The second-order valence-corrected chi connectivity index (χ2v) is 27.3. The van der Waals surface area contributed by atoms with Crippen molar-refractivity contribution >= 4 is 57.2 Å². The molecule has 0 unspecified atom stereocenters. The lowest BCUT2D eigenvalue weighted by Gasteiger charge is -2.46. The minimum absolute atomic E-state index is 0.0702. The molecule has 2 heterocycles. The fourth-order valence-electron chi connectivity index (χ4n) is 13.9. The lowest BCUT2D eigenvalue weighted by Crippen LogP contribution is -2.61. The number of benzene rings is 12. The summed E-state index contributed by atoms with van der Waals surface area (Å²) in [7, 11) is 0. The Morgan fingerprint density at radius 1 is 0.281 bits per heavy atom. The van der Waals surface area contributed by atoms with Gasteiger partial charge >= 0.3 is 0 Å². The van der Waals surface area contributed by atoms with E-state index in [1.54, 1.807) is 0 Å². The zero-order chi connectivity index (χ0) is 61.3. The third-order valence-corrected chi connectivity index (χ3v) is 18.7. The molecule has 0 fully saturated rings. The molecule has 0 N–H and O–H groups in total. The van der Waals surface area contributed by atoms with Gasteiger partial charge in [-0.25, -0.2) is 0 Å². The predicted octanol–water partition coefficient (Wildman–Crippen LogP) is 22.3. The molecule has 0 saturated heterocycles. The normalized spacial score (nSPS) is 12.7. The molecule has 89 heavy (non-hydrogen) atoms. The molecule has 0 radical (unpaired) electrons. The number of nitrogens with zero attached hydrogens (tertiary/aromatic N) is 2. The van der Waals surface area contributed by atoms with Crippen molar-refractivity contribution < 1.29 is 0 Å². The van der Waals surface area contributed by atoms with Gasteiger partial charge in [0.05, 0.1) is 11.4 Å². The highest BCUT2D eigenvalue weighted by Gasteiger charge is 2.46. The van der Waals surface area contributed by atoms with E-state index in [2.05, 4.69) is 352 Å². The largest absolute Gasteiger partial charge is 0.310 e. The highest BCUT2D eigenvalue weighted by molar-refractivity contribution is 7.00. The summed E-state index contributed by atoms with van der Waals surface area (Å²) in [6.07, 6.45) is 0. The van der Waals surface area contributed by atoms with Gasteiger partial charge in [0.25, 0.3) is 6.71 Å². The van der Waals surface area contributed by atoms with E-state index in [1.165, 1.54) is 77.7 Å². The standard InChI is InChI=1S/C86H77BN2/c1-56(2)63-42-45-70(75(50-63)57(3)4)67-53-80-82-81(54-67)89(84-73(61-34-22-14-23-35-61)40-27-41-74(84)62-36-24-15-25-37-62)79-52-65(66-48-68(85(5,6)7)55-69(49-66)86(8,9)10)44-47-77(79)87(82)76-46-43-64(58-28-16-11-17-29-58)51-78(76)88(80)83-71(59-30-18-12-19-31-59)38-26-39-72(83)60-32-20-13-21-33-60/h11-57H,1-10H3. The van der Waals surface area contributed by atoms with Gasteiger partial charge in [-0.15, -0.1) is 0 Å². The van der Waals surface area contributed by atoms with Gasteiger partial charge in [-0.1, -0.05) is 318 Å². The molecule has 0 bridgehead atoms. The predicted molar refractivity (Wildman–Crippen MR) is 384 cm³/mol. The monoisotopic (exact) mass is 1150 g/mol. The summed E-state index contributed by atoms with van der Waals surface area (Å²) in [5, 5.41) is 0.